The molecule has 0 N–H and O–H groups in total. The lowest BCUT2D eigenvalue weighted by atomic mass is 10.2. The van der Waals surface area contributed by atoms with Crippen molar-refractivity contribution in [2.45, 2.75) is 6.61 Å². The maximum absolute atomic E-state index is 8.97. The van der Waals surface area contributed by atoms with E-state index in [4.69, 9.17) is 14.7 Å². The number of rotatable bonds is 6. The van der Waals surface area contributed by atoms with Crippen molar-refractivity contribution in [2.24, 2.45) is 0 Å². The topological polar surface area (TPSA) is 55.1 Å². The summed E-state index contributed by atoms with van der Waals surface area (Å²) in [6.07, 6.45) is 4.80. The van der Waals surface area contributed by atoms with Gasteiger partial charge in [-0.15, -0.1) is 0 Å². The van der Waals surface area contributed by atoms with Gasteiger partial charge in [-0.25, -0.2) is 0 Å². The van der Waals surface area contributed by atoms with Crippen molar-refractivity contribution < 1.29 is 9.47 Å². The minimum atomic E-state index is 0.353. The second-order valence-corrected chi connectivity index (χ2v) is 4.02. The molecule has 4 nitrogen and oxygen atoms in total. The number of hydrogen-bond acceptors (Lipinski definition) is 4. The Balaban J connectivity index is 2.03. The van der Waals surface area contributed by atoms with Gasteiger partial charge in [-0.3, -0.25) is 4.98 Å². The molecule has 0 saturated carbocycles. The van der Waals surface area contributed by atoms with Gasteiger partial charge in [0.2, 0.25) is 0 Å². The molecule has 0 spiro atoms. The molecule has 0 unspecified atom stereocenters. The Bertz CT molecular complexity index is 632. The maximum Gasteiger partial charge on any atom is 0.155 e. The number of ether oxygens (including phenoxy) is 2. The van der Waals surface area contributed by atoms with Crippen LogP contribution in [0.15, 0.2) is 55.4 Å². The average Bonchev–Trinajstić information content (AvgIpc) is 2.51. The molecular weight excluding hydrogens is 252 g/mol. The Morgan fingerprint density at radius 2 is 2.20 bits per heavy atom. The van der Waals surface area contributed by atoms with Crippen molar-refractivity contribution in [3.05, 3.63) is 66.5 Å². The van der Waals surface area contributed by atoms with Gasteiger partial charge in [0.15, 0.2) is 5.75 Å². The third kappa shape index (κ3) is 3.59. The zero-order valence-electron chi connectivity index (χ0n) is 11.0. The SMILES string of the molecule is C=CCOc1cccc(COc2cnccc2C#N)c1. The third-order valence-corrected chi connectivity index (χ3v) is 2.57. The average molecular weight is 266 g/mol. The molecule has 0 aliphatic rings. The molecule has 0 aliphatic carbocycles. The van der Waals surface area contributed by atoms with E-state index < -0.39 is 0 Å². The van der Waals surface area contributed by atoms with E-state index in [0.717, 1.165) is 11.3 Å². The first kappa shape index (κ1) is 13.6. The summed E-state index contributed by atoms with van der Waals surface area (Å²) in [6, 6.07) is 11.3. The van der Waals surface area contributed by atoms with Crippen LogP contribution in [-0.4, -0.2) is 11.6 Å². The Labute approximate surface area is 117 Å². The molecule has 2 aromatic rings. The van der Waals surface area contributed by atoms with E-state index >= 15 is 0 Å². The van der Waals surface area contributed by atoms with Crippen LogP contribution in [0.25, 0.3) is 0 Å². The Hall–Kier alpha value is -2.80. The predicted octanol–water partition coefficient (Wildman–Crippen LogP) is 3.10. The van der Waals surface area contributed by atoms with Crippen LogP contribution in [0.2, 0.25) is 0 Å². The molecule has 1 heterocycles. The van der Waals surface area contributed by atoms with E-state index in [1.165, 1.54) is 6.20 Å². The van der Waals surface area contributed by atoms with Gasteiger partial charge in [-0.1, -0.05) is 24.8 Å². The minimum absolute atomic E-state index is 0.353. The summed E-state index contributed by atoms with van der Waals surface area (Å²) in [5.74, 6) is 1.24. The highest BCUT2D eigenvalue weighted by atomic mass is 16.5. The molecule has 0 atom stereocenters. The van der Waals surface area contributed by atoms with Crippen molar-refractivity contribution in [1.82, 2.24) is 4.98 Å². The number of pyridine rings is 1. The van der Waals surface area contributed by atoms with E-state index in [1.807, 2.05) is 24.3 Å². The smallest absolute Gasteiger partial charge is 0.155 e. The number of benzene rings is 1. The summed E-state index contributed by atoms with van der Waals surface area (Å²) < 4.78 is 11.1. The standard InChI is InChI=1S/C16H14N2O2/c1-2-8-19-15-5-3-4-13(9-15)12-20-16-11-18-7-6-14(16)10-17/h2-7,9,11H,1,8,12H2. The molecule has 0 fully saturated rings. The molecule has 1 aromatic heterocycles. The molecule has 4 heteroatoms. The van der Waals surface area contributed by atoms with E-state index in [-0.39, 0.29) is 0 Å². The highest BCUT2D eigenvalue weighted by Gasteiger charge is 2.03. The van der Waals surface area contributed by atoms with Gasteiger partial charge >= 0.3 is 0 Å². The molecule has 0 saturated heterocycles. The van der Waals surface area contributed by atoms with Crippen LogP contribution >= 0.6 is 0 Å². The quantitative estimate of drug-likeness (QED) is 0.754. The van der Waals surface area contributed by atoms with Crippen molar-refractivity contribution in [3.63, 3.8) is 0 Å². The zero-order chi connectivity index (χ0) is 14.2. The van der Waals surface area contributed by atoms with E-state index in [1.54, 1.807) is 18.3 Å². The Morgan fingerprint density at radius 1 is 1.30 bits per heavy atom. The molecule has 0 amide bonds. The molecular formula is C16H14N2O2. The lowest BCUT2D eigenvalue weighted by Gasteiger charge is -2.09. The Kier molecular flexibility index (Phi) is 4.74. The summed E-state index contributed by atoms with van der Waals surface area (Å²) in [6.45, 7) is 4.42. The molecule has 0 radical (unpaired) electrons. The summed E-state index contributed by atoms with van der Waals surface area (Å²) in [4.78, 5) is 3.95. The normalized spacial score (nSPS) is 9.55. The van der Waals surface area contributed by atoms with Crippen LogP contribution in [0.1, 0.15) is 11.1 Å². The molecule has 0 aliphatic heterocycles. The molecule has 0 bridgehead atoms. The van der Waals surface area contributed by atoms with Gasteiger partial charge in [0.1, 0.15) is 25.0 Å². The number of nitriles is 1. The molecule has 2 rings (SSSR count). The first-order valence-electron chi connectivity index (χ1n) is 6.13. The summed E-state index contributed by atoms with van der Waals surface area (Å²) in [5, 5.41) is 8.97. The van der Waals surface area contributed by atoms with E-state index in [2.05, 4.69) is 17.6 Å². The third-order valence-electron chi connectivity index (χ3n) is 2.57. The summed E-state index contributed by atoms with van der Waals surface area (Å²) in [7, 11) is 0. The van der Waals surface area contributed by atoms with E-state index in [9.17, 15) is 0 Å². The van der Waals surface area contributed by atoms with Crippen molar-refractivity contribution in [2.75, 3.05) is 6.61 Å². The minimum Gasteiger partial charge on any atom is -0.490 e. The first-order chi connectivity index (χ1) is 9.83. The predicted molar refractivity (Wildman–Crippen MR) is 75.4 cm³/mol. The highest BCUT2D eigenvalue weighted by Crippen LogP contribution is 2.19. The monoisotopic (exact) mass is 266 g/mol. The van der Waals surface area contributed by atoms with Gasteiger partial charge < -0.3 is 9.47 Å². The first-order valence-corrected chi connectivity index (χ1v) is 6.13. The number of hydrogen-bond donors (Lipinski definition) is 0. The largest absolute Gasteiger partial charge is 0.490 e. The van der Waals surface area contributed by atoms with Gasteiger partial charge in [-0.2, -0.15) is 5.26 Å². The van der Waals surface area contributed by atoms with Crippen molar-refractivity contribution in [3.8, 4) is 17.6 Å². The lowest BCUT2D eigenvalue weighted by Crippen LogP contribution is -1.99. The molecule has 1 aromatic carbocycles. The summed E-state index contributed by atoms with van der Waals surface area (Å²) in [5.41, 5.74) is 1.43. The molecule has 100 valence electrons. The van der Waals surface area contributed by atoms with Gasteiger partial charge in [0.05, 0.1) is 11.8 Å². The second kappa shape index (κ2) is 6.95. The van der Waals surface area contributed by atoms with Crippen LogP contribution in [0.5, 0.6) is 11.5 Å². The zero-order valence-corrected chi connectivity index (χ0v) is 11.0. The van der Waals surface area contributed by atoms with Gasteiger partial charge in [-0.05, 0) is 23.8 Å². The van der Waals surface area contributed by atoms with Crippen LogP contribution in [0.4, 0.5) is 0 Å². The number of nitrogens with zero attached hydrogens (tertiary/aromatic N) is 2. The fourth-order valence-electron chi connectivity index (χ4n) is 1.63. The van der Waals surface area contributed by atoms with Gasteiger partial charge in [0.25, 0.3) is 0 Å². The van der Waals surface area contributed by atoms with Crippen LogP contribution < -0.4 is 9.47 Å². The highest BCUT2D eigenvalue weighted by molar-refractivity contribution is 5.40. The molecule has 20 heavy (non-hydrogen) atoms. The fourth-order valence-corrected chi connectivity index (χ4v) is 1.63. The van der Waals surface area contributed by atoms with Crippen molar-refractivity contribution >= 4 is 0 Å². The summed E-state index contributed by atoms with van der Waals surface area (Å²) >= 11 is 0. The van der Waals surface area contributed by atoms with Crippen molar-refractivity contribution in [1.29, 1.82) is 5.26 Å². The second-order valence-electron chi connectivity index (χ2n) is 4.02. The number of aromatic nitrogens is 1. The Morgan fingerprint density at radius 3 is 3.00 bits per heavy atom. The van der Waals surface area contributed by atoms with E-state index in [0.29, 0.717) is 24.5 Å². The maximum atomic E-state index is 8.97. The lowest BCUT2D eigenvalue weighted by molar-refractivity contribution is 0.302. The van der Waals surface area contributed by atoms with Gasteiger partial charge in [0, 0.05) is 6.20 Å². The van der Waals surface area contributed by atoms with Crippen LogP contribution in [0, 0.1) is 11.3 Å². The van der Waals surface area contributed by atoms with Crippen LogP contribution in [-0.2, 0) is 6.61 Å². The van der Waals surface area contributed by atoms with Crippen LogP contribution in [0.3, 0.4) is 0 Å². The fraction of sp³-hybridized carbons (Fsp3) is 0.125.